The van der Waals surface area contributed by atoms with Crippen molar-refractivity contribution in [1.29, 1.82) is 0 Å². The molecule has 0 aromatic carbocycles. The molecular formula is C10H11F3N2O3. The van der Waals surface area contributed by atoms with Gasteiger partial charge in [0.05, 0.1) is 6.61 Å². The average molecular weight is 264 g/mol. The van der Waals surface area contributed by atoms with E-state index in [0.717, 1.165) is 0 Å². The van der Waals surface area contributed by atoms with Crippen LogP contribution in [0.25, 0.3) is 0 Å². The van der Waals surface area contributed by atoms with E-state index in [2.05, 4.69) is 14.7 Å². The lowest BCUT2D eigenvalue weighted by Gasteiger charge is -2.35. The Morgan fingerprint density at radius 2 is 2.17 bits per heavy atom. The maximum absolute atomic E-state index is 12.4. The molecule has 1 aliphatic rings. The first-order valence-electron chi connectivity index (χ1n) is 5.49. The van der Waals surface area contributed by atoms with Crippen LogP contribution >= 0.6 is 0 Å². The molecule has 1 saturated carbocycles. The molecule has 1 aromatic rings. The molecule has 0 bridgehead atoms. The summed E-state index contributed by atoms with van der Waals surface area (Å²) in [6, 6.07) is 0. The minimum atomic E-state index is -4.68. The van der Waals surface area contributed by atoms with Crippen LogP contribution in [0, 0.1) is 0 Å². The molecule has 18 heavy (non-hydrogen) atoms. The van der Waals surface area contributed by atoms with E-state index in [9.17, 15) is 18.0 Å². The van der Waals surface area contributed by atoms with E-state index >= 15 is 0 Å². The van der Waals surface area contributed by atoms with E-state index < -0.39 is 23.4 Å². The third kappa shape index (κ3) is 1.95. The van der Waals surface area contributed by atoms with Gasteiger partial charge in [-0.3, -0.25) is 4.79 Å². The van der Waals surface area contributed by atoms with Gasteiger partial charge in [0, 0.05) is 0 Å². The van der Waals surface area contributed by atoms with Gasteiger partial charge in [0.1, 0.15) is 5.41 Å². The first-order chi connectivity index (χ1) is 8.40. The Labute approximate surface area is 100 Å². The van der Waals surface area contributed by atoms with E-state index in [1.54, 1.807) is 6.92 Å². The molecule has 1 aromatic heterocycles. The van der Waals surface area contributed by atoms with Gasteiger partial charge in [-0.25, -0.2) is 0 Å². The molecular weight excluding hydrogens is 253 g/mol. The Balaban J connectivity index is 2.28. The standard InChI is InChI=1S/C10H11F3N2O3/c1-2-17-8(16)9(4-3-5-9)7-14-6(15-18-7)10(11,12)13/h2-5H2,1H3. The van der Waals surface area contributed by atoms with Crippen LogP contribution in [-0.4, -0.2) is 22.7 Å². The number of hydrogen-bond acceptors (Lipinski definition) is 5. The van der Waals surface area contributed by atoms with Gasteiger partial charge in [-0.05, 0) is 19.8 Å². The quantitative estimate of drug-likeness (QED) is 0.782. The molecule has 1 aliphatic carbocycles. The van der Waals surface area contributed by atoms with Gasteiger partial charge in [0.2, 0.25) is 5.89 Å². The SMILES string of the molecule is CCOC(=O)C1(c2nc(C(F)(F)F)no2)CCC1. The Morgan fingerprint density at radius 3 is 2.56 bits per heavy atom. The van der Waals surface area contributed by atoms with Crippen molar-refractivity contribution in [1.82, 2.24) is 10.1 Å². The predicted molar refractivity (Wildman–Crippen MR) is 51.5 cm³/mol. The largest absolute Gasteiger partial charge is 0.465 e. The zero-order chi connectivity index (χ0) is 13.4. The minimum absolute atomic E-state index is 0.154. The molecule has 2 rings (SSSR count). The van der Waals surface area contributed by atoms with Crippen LogP contribution in [0.3, 0.4) is 0 Å². The van der Waals surface area contributed by atoms with E-state index in [1.165, 1.54) is 0 Å². The summed E-state index contributed by atoms with van der Waals surface area (Å²) in [5.41, 5.74) is -1.19. The molecule has 0 amide bonds. The molecule has 0 atom stereocenters. The lowest BCUT2D eigenvalue weighted by atomic mass is 9.68. The summed E-state index contributed by atoms with van der Waals surface area (Å²) in [5.74, 6) is -2.28. The Morgan fingerprint density at radius 1 is 1.50 bits per heavy atom. The van der Waals surface area contributed by atoms with Gasteiger partial charge in [0.25, 0.3) is 5.82 Å². The van der Waals surface area contributed by atoms with Crippen molar-refractivity contribution in [2.75, 3.05) is 6.61 Å². The topological polar surface area (TPSA) is 65.2 Å². The van der Waals surface area contributed by atoms with Crippen molar-refractivity contribution >= 4 is 5.97 Å². The molecule has 1 fully saturated rings. The van der Waals surface area contributed by atoms with Crippen molar-refractivity contribution in [3.8, 4) is 0 Å². The van der Waals surface area contributed by atoms with Crippen LogP contribution in [0.5, 0.6) is 0 Å². The lowest BCUT2D eigenvalue weighted by molar-refractivity contribution is -0.155. The number of hydrogen-bond donors (Lipinski definition) is 0. The van der Waals surface area contributed by atoms with Crippen LogP contribution in [0.2, 0.25) is 0 Å². The smallest absolute Gasteiger partial charge is 0.455 e. The van der Waals surface area contributed by atoms with Crippen LogP contribution in [0.1, 0.15) is 37.9 Å². The number of halogens is 3. The number of esters is 1. The number of rotatable bonds is 3. The normalized spacial score (nSPS) is 18.2. The lowest BCUT2D eigenvalue weighted by Crippen LogP contribution is -2.44. The highest BCUT2D eigenvalue weighted by Crippen LogP contribution is 2.44. The van der Waals surface area contributed by atoms with Gasteiger partial charge in [-0.2, -0.15) is 18.2 Å². The minimum Gasteiger partial charge on any atom is -0.465 e. The molecule has 0 N–H and O–H groups in total. The highest BCUT2D eigenvalue weighted by atomic mass is 19.4. The summed E-state index contributed by atoms with van der Waals surface area (Å²) in [6.45, 7) is 1.78. The van der Waals surface area contributed by atoms with Gasteiger partial charge in [-0.1, -0.05) is 11.6 Å². The Bertz CT molecular complexity index is 451. The molecule has 5 nitrogen and oxygen atoms in total. The van der Waals surface area contributed by atoms with Crippen molar-refractivity contribution < 1.29 is 27.2 Å². The molecule has 8 heteroatoms. The predicted octanol–water partition coefficient (Wildman–Crippen LogP) is 2.07. The van der Waals surface area contributed by atoms with Crippen LogP contribution in [0.15, 0.2) is 4.52 Å². The van der Waals surface area contributed by atoms with Gasteiger partial charge in [0.15, 0.2) is 0 Å². The maximum atomic E-state index is 12.4. The van der Waals surface area contributed by atoms with Crippen LogP contribution in [-0.2, 0) is 21.1 Å². The number of alkyl halides is 3. The highest BCUT2D eigenvalue weighted by Gasteiger charge is 2.53. The molecule has 0 radical (unpaired) electrons. The van der Waals surface area contributed by atoms with E-state index in [0.29, 0.717) is 19.3 Å². The van der Waals surface area contributed by atoms with Crippen molar-refractivity contribution in [2.24, 2.45) is 0 Å². The van der Waals surface area contributed by atoms with Crippen LogP contribution < -0.4 is 0 Å². The summed E-state index contributed by atoms with van der Waals surface area (Å²) in [7, 11) is 0. The Kier molecular flexibility index (Phi) is 3.04. The van der Waals surface area contributed by atoms with Gasteiger partial charge >= 0.3 is 12.1 Å². The number of carbonyl (C=O) groups is 1. The summed E-state index contributed by atoms with van der Waals surface area (Å²) >= 11 is 0. The van der Waals surface area contributed by atoms with Gasteiger partial charge < -0.3 is 9.26 Å². The molecule has 0 aliphatic heterocycles. The maximum Gasteiger partial charge on any atom is 0.455 e. The summed E-state index contributed by atoms with van der Waals surface area (Å²) in [5, 5.41) is 2.86. The van der Waals surface area contributed by atoms with Crippen molar-refractivity contribution in [3.05, 3.63) is 11.7 Å². The molecule has 0 unspecified atom stereocenters. The first kappa shape index (κ1) is 12.8. The fourth-order valence-electron chi connectivity index (χ4n) is 1.84. The summed E-state index contributed by atoms with van der Waals surface area (Å²) in [6.07, 6.45) is -3.24. The zero-order valence-electron chi connectivity index (χ0n) is 9.58. The first-order valence-corrected chi connectivity index (χ1v) is 5.49. The monoisotopic (exact) mass is 264 g/mol. The second-order valence-electron chi connectivity index (χ2n) is 4.08. The average Bonchev–Trinajstić information content (AvgIpc) is 2.65. The molecule has 1 heterocycles. The van der Waals surface area contributed by atoms with Crippen molar-refractivity contribution in [3.63, 3.8) is 0 Å². The molecule has 0 saturated heterocycles. The van der Waals surface area contributed by atoms with E-state index in [1.807, 2.05) is 0 Å². The summed E-state index contributed by atoms with van der Waals surface area (Å²) in [4.78, 5) is 15.1. The Hall–Kier alpha value is -1.60. The fourth-order valence-corrected chi connectivity index (χ4v) is 1.84. The number of aromatic nitrogens is 2. The third-order valence-electron chi connectivity index (χ3n) is 2.96. The molecule has 0 spiro atoms. The second-order valence-corrected chi connectivity index (χ2v) is 4.08. The molecule has 100 valence electrons. The van der Waals surface area contributed by atoms with Gasteiger partial charge in [-0.15, -0.1) is 0 Å². The highest BCUT2D eigenvalue weighted by molar-refractivity contribution is 5.82. The zero-order valence-corrected chi connectivity index (χ0v) is 9.58. The van der Waals surface area contributed by atoms with E-state index in [-0.39, 0.29) is 12.5 Å². The van der Waals surface area contributed by atoms with Crippen LogP contribution in [0.4, 0.5) is 13.2 Å². The summed E-state index contributed by atoms with van der Waals surface area (Å²) < 4.78 is 46.5. The third-order valence-corrected chi connectivity index (χ3v) is 2.96. The number of nitrogens with zero attached hydrogens (tertiary/aromatic N) is 2. The second kappa shape index (κ2) is 4.25. The fraction of sp³-hybridized carbons (Fsp3) is 0.700. The number of ether oxygens (including phenoxy) is 1. The van der Waals surface area contributed by atoms with E-state index in [4.69, 9.17) is 4.74 Å². The van der Waals surface area contributed by atoms with Crippen molar-refractivity contribution in [2.45, 2.75) is 37.8 Å². The number of carbonyl (C=O) groups excluding carboxylic acids is 1.